The molecular weight excluding hydrogens is 434 g/mol. The summed E-state index contributed by atoms with van der Waals surface area (Å²) in [6.07, 6.45) is -0.0409. The molecule has 0 bridgehead atoms. The molecule has 0 radical (unpaired) electrons. The number of hydrogen-bond donors (Lipinski definition) is 1. The van der Waals surface area contributed by atoms with Crippen LogP contribution in [-0.2, 0) is 6.42 Å². The van der Waals surface area contributed by atoms with Gasteiger partial charge in [-0.05, 0) is 53.9 Å². The zero-order valence-electron chi connectivity index (χ0n) is 17.5. The third-order valence-corrected chi connectivity index (χ3v) is 6.39. The zero-order valence-corrected chi connectivity index (χ0v) is 18.3. The molecule has 1 N–H and O–H groups in total. The first-order valence-corrected chi connectivity index (χ1v) is 10.7. The minimum absolute atomic E-state index is 0.0532. The second kappa shape index (κ2) is 9.27. The number of rotatable bonds is 5. The van der Waals surface area contributed by atoms with E-state index in [1.54, 1.807) is 18.0 Å². The number of amides is 1. The van der Waals surface area contributed by atoms with Gasteiger partial charge in [0.15, 0.2) is 0 Å². The van der Waals surface area contributed by atoms with E-state index in [0.29, 0.717) is 19.5 Å². The summed E-state index contributed by atoms with van der Waals surface area (Å²) in [7, 11) is 1.68. The molecule has 1 amide bonds. The van der Waals surface area contributed by atoms with E-state index in [0.717, 1.165) is 11.1 Å². The normalized spacial score (nSPS) is 20.2. The fourth-order valence-electron chi connectivity index (χ4n) is 4.36. The number of halogens is 3. The largest absolute Gasteiger partial charge is 0.415 e. The Bertz CT molecular complexity index is 1090. The van der Waals surface area contributed by atoms with E-state index in [1.807, 2.05) is 30.3 Å². The maximum Gasteiger partial charge on any atom is 0.415 e. The van der Waals surface area contributed by atoms with Crippen molar-refractivity contribution >= 4 is 17.7 Å². The van der Waals surface area contributed by atoms with E-state index < -0.39 is 23.3 Å². The molecule has 3 aromatic rings. The van der Waals surface area contributed by atoms with Crippen LogP contribution in [0.4, 0.5) is 13.6 Å². The molecule has 1 aliphatic rings. The van der Waals surface area contributed by atoms with Gasteiger partial charge in [0.05, 0.1) is 10.6 Å². The van der Waals surface area contributed by atoms with Gasteiger partial charge in [0, 0.05) is 26.1 Å². The van der Waals surface area contributed by atoms with Gasteiger partial charge in [0.2, 0.25) is 0 Å². The molecule has 0 spiro atoms. The summed E-state index contributed by atoms with van der Waals surface area (Å²) in [4.78, 5) is 14.7. The van der Waals surface area contributed by atoms with E-state index in [2.05, 4.69) is 5.32 Å². The van der Waals surface area contributed by atoms with Crippen molar-refractivity contribution in [3.05, 3.63) is 101 Å². The number of nitrogens with one attached hydrogen (secondary N) is 1. The average molecular weight is 457 g/mol. The first-order valence-electron chi connectivity index (χ1n) is 10.3. The first-order chi connectivity index (χ1) is 15.4. The molecule has 32 heavy (non-hydrogen) atoms. The quantitative estimate of drug-likeness (QED) is 0.557. The van der Waals surface area contributed by atoms with Gasteiger partial charge in [0.25, 0.3) is 0 Å². The van der Waals surface area contributed by atoms with E-state index >= 15 is 0 Å². The molecule has 1 heterocycles. The maximum absolute atomic E-state index is 14.3. The molecular formula is C25H23ClF2N2O2. The second-order valence-electron chi connectivity index (χ2n) is 8.00. The Morgan fingerprint density at radius 3 is 2.53 bits per heavy atom. The fraction of sp³-hybridized carbons (Fsp3) is 0.240. The van der Waals surface area contributed by atoms with E-state index in [1.165, 1.54) is 36.4 Å². The van der Waals surface area contributed by atoms with E-state index in [4.69, 9.17) is 16.3 Å². The van der Waals surface area contributed by atoms with Crippen LogP contribution in [0.2, 0.25) is 5.02 Å². The SMILES string of the molecule is CN(C(=O)Oc1ccc(F)cc1)[C@]1(Cc2ccccc2)CNC[C@H]1c1ccc(Cl)c(F)c1. The molecule has 0 unspecified atom stereocenters. The van der Waals surface area contributed by atoms with Crippen molar-refractivity contribution < 1.29 is 18.3 Å². The summed E-state index contributed by atoms with van der Waals surface area (Å²) in [5, 5.41) is 3.42. The number of likely N-dealkylation sites (N-methyl/N-ethyl adjacent to an activating group) is 1. The van der Waals surface area contributed by atoms with E-state index in [-0.39, 0.29) is 16.7 Å². The fourth-order valence-corrected chi connectivity index (χ4v) is 4.48. The minimum atomic E-state index is -0.723. The third kappa shape index (κ3) is 4.47. The van der Waals surface area contributed by atoms with Gasteiger partial charge in [0.1, 0.15) is 17.4 Å². The van der Waals surface area contributed by atoms with Crippen molar-refractivity contribution in [2.24, 2.45) is 0 Å². The Kier molecular flexibility index (Phi) is 6.44. The number of carbonyl (C=O) groups excluding carboxylic acids is 1. The van der Waals surface area contributed by atoms with Crippen molar-refractivity contribution in [1.82, 2.24) is 10.2 Å². The van der Waals surface area contributed by atoms with Crippen LogP contribution >= 0.6 is 11.6 Å². The highest BCUT2D eigenvalue weighted by molar-refractivity contribution is 6.30. The minimum Gasteiger partial charge on any atom is -0.410 e. The highest BCUT2D eigenvalue weighted by atomic mass is 35.5. The lowest BCUT2D eigenvalue weighted by molar-refractivity contribution is 0.0986. The molecule has 2 atom stereocenters. The van der Waals surface area contributed by atoms with Gasteiger partial charge in [-0.3, -0.25) is 0 Å². The number of nitrogens with zero attached hydrogens (tertiary/aromatic N) is 1. The molecule has 4 rings (SSSR count). The Morgan fingerprint density at radius 1 is 1.12 bits per heavy atom. The average Bonchev–Trinajstić information content (AvgIpc) is 3.22. The molecule has 0 aromatic heterocycles. The molecule has 166 valence electrons. The molecule has 1 aliphatic heterocycles. The van der Waals surface area contributed by atoms with Crippen LogP contribution in [0.1, 0.15) is 17.0 Å². The van der Waals surface area contributed by atoms with Gasteiger partial charge >= 0.3 is 6.09 Å². The van der Waals surface area contributed by atoms with Crippen LogP contribution in [-0.4, -0.2) is 36.7 Å². The lowest BCUT2D eigenvalue weighted by Gasteiger charge is -2.42. The summed E-state index contributed by atoms with van der Waals surface area (Å²) in [5.74, 6) is -0.872. The summed E-state index contributed by atoms with van der Waals surface area (Å²) in [6.45, 7) is 1.05. The predicted octanol–water partition coefficient (Wildman–Crippen LogP) is 5.42. The Balaban J connectivity index is 1.70. The van der Waals surface area contributed by atoms with Crippen molar-refractivity contribution in [3.63, 3.8) is 0 Å². The predicted molar refractivity (Wildman–Crippen MR) is 120 cm³/mol. The summed E-state index contributed by atoms with van der Waals surface area (Å²) in [5.41, 5.74) is 1.06. The van der Waals surface area contributed by atoms with Gasteiger partial charge in [-0.1, -0.05) is 48.0 Å². The number of benzene rings is 3. The lowest BCUT2D eigenvalue weighted by atomic mass is 9.76. The Hall–Kier alpha value is -2.96. The van der Waals surface area contributed by atoms with Crippen LogP contribution in [0.3, 0.4) is 0 Å². The van der Waals surface area contributed by atoms with Crippen LogP contribution in [0, 0.1) is 11.6 Å². The van der Waals surface area contributed by atoms with Crippen molar-refractivity contribution in [2.45, 2.75) is 17.9 Å². The monoisotopic (exact) mass is 456 g/mol. The first kappa shape index (κ1) is 22.2. The molecule has 7 heteroatoms. The molecule has 0 saturated carbocycles. The highest BCUT2D eigenvalue weighted by Gasteiger charge is 2.49. The molecule has 0 aliphatic carbocycles. The summed E-state index contributed by atoms with van der Waals surface area (Å²) in [6, 6.07) is 19.9. The van der Waals surface area contributed by atoms with Crippen LogP contribution in [0.15, 0.2) is 72.8 Å². The second-order valence-corrected chi connectivity index (χ2v) is 8.41. The third-order valence-electron chi connectivity index (χ3n) is 6.09. The summed E-state index contributed by atoms with van der Waals surface area (Å²) < 4.78 is 33.1. The lowest BCUT2D eigenvalue weighted by Crippen LogP contribution is -2.56. The van der Waals surface area contributed by atoms with Crippen LogP contribution in [0.25, 0.3) is 0 Å². The molecule has 1 saturated heterocycles. The maximum atomic E-state index is 14.3. The smallest absolute Gasteiger partial charge is 0.410 e. The standard InChI is InChI=1S/C25H23ClF2N2O2/c1-30(24(31)32-20-10-8-19(27)9-11-20)25(14-17-5-3-2-4-6-17)16-29-15-21(25)18-7-12-22(26)23(28)13-18/h2-13,21,29H,14-16H2,1H3/t21-,25+/m0/s1. The summed E-state index contributed by atoms with van der Waals surface area (Å²) >= 11 is 5.90. The van der Waals surface area contributed by atoms with Crippen LogP contribution in [0.5, 0.6) is 5.75 Å². The van der Waals surface area contributed by atoms with E-state index in [9.17, 15) is 13.6 Å². The Morgan fingerprint density at radius 2 is 1.84 bits per heavy atom. The van der Waals surface area contributed by atoms with Gasteiger partial charge in [-0.15, -0.1) is 0 Å². The zero-order chi connectivity index (χ0) is 22.7. The van der Waals surface area contributed by atoms with Gasteiger partial charge < -0.3 is 15.0 Å². The molecule has 1 fully saturated rings. The number of hydrogen-bond acceptors (Lipinski definition) is 3. The Labute approximate surface area is 190 Å². The van der Waals surface area contributed by atoms with Gasteiger partial charge in [-0.2, -0.15) is 0 Å². The van der Waals surface area contributed by atoms with Crippen molar-refractivity contribution in [1.29, 1.82) is 0 Å². The number of carbonyl (C=O) groups is 1. The van der Waals surface area contributed by atoms with Gasteiger partial charge in [-0.25, -0.2) is 13.6 Å². The highest BCUT2D eigenvalue weighted by Crippen LogP contribution is 2.40. The molecule has 4 nitrogen and oxygen atoms in total. The van der Waals surface area contributed by atoms with Crippen molar-refractivity contribution in [2.75, 3.05) is 20.1 Å². The molecule has 3 aromatic carbocycles. The van der Waals surface area contributed by atoms with Crippen molar-refractivity contribution in [3.8, 4) is 5.75 Å². The topological polar surface area (TPSA) is 41.6 Å². The number of ether oxygens (including phenoxy) is 1. The van der Waals surface area contributed by atoms with Crippen LogP contribution < -0.4 is 10.1 Å².